The standard InChI is InChI=1S/C22H26N2O4S/c1-29(26,27)24-12-13-28-21-8-6-17(14-20(21)16-24)7-9-22(25)23-11-10-18-4-2-3-5-19(18)15-23/h2-6,8,14H,7,9-13,15-16H2,1H3. The van der Waals surface area contributed by atoms with Crippen LogP contribution in [0.2, 0.25) is 0 Å². The maximum Gasteiger partial charge on any atom is 0.223 e. The zero-order chi connectivity index (χ0) is 20.4. The van der Waals surface area contributed by atoms with Gasteiger partial charge in [-0.1, -0.05) is 36.4 Å². The third-order valence-electron chi connectivity index (χ3n) is 5.65. The van der Waals surface area contributed by atoms with E-state index in [0.717, 1.165) is 29.8 Å². The Bertz CT molecular complexity index is 1020. The van der Waals surface area contributed by atoms with Gasteiger partial charge < -0.3 is 9.64 Å². The van der Waals surface area contributed by atoms with E-state index in [1.165, 1.54) is 21.7 Å². The van der Waals surface area contributed by atoms with Crippen LogP contribution in [0, 0.1) is 0 Å². The molecule has 29 heavy (non-hydrogen) atoms. The van der Waals surface area contributed by atoms with Crippen LogP contribution in [0.3, 0.4) is 0 Å². The van der Waals surface area contributed by atoms with Gasteiger partial charge in [-0.25, -0.2) is 8.42 Å². The fraction of sp³-hybridized carbons (Fsp3) is 0.409. The van der Waals surface area contributed by atoms with E-state index < -0.39 is 10.0 Å². The molecule has 1 amide bonds. The van der Waals surface area contributed by atoms with Gasteiger partial charge in [0, 0.05) is 38.2 Å². The molecule has 0 N–H and O–H groups in total. The molecule has 0 aliphatic carbocycles. The lowest BCUT2D eigenvalue weighted by Gasteiger charge is -2.29. The van der Waals surface area contributed by atoms with Crippen molar-refractivity contribution < 1.29 is 17.9 Å². The van der Waals surface area contributed by atoms with Crippen molar-refractivity contribution in [3.05, 3.63) is 64.7 Å². The second-order valence-electron chi connectivity index (χ2n) is 7.72. The summed E-state index contributed by atoms with van der Waals surface area (Å²) < 4.78 is 31.0. The van der Waals surface area contributed by atoms with Crippen molar-refractivity contribution in [3.63, 3.8) is 0 Å². The van der Waals surface area contributed by atoms with Crippen LogP contribution < -0.4 is 4.74 Å². The van der Waals surface area contributed by atoms with E-state index in [1.54, 1.807) is 0 Å². The van der Waals surface area contributed by atoms with Crippen LogP contribution in [0.5, 0.6) is 5.75 Å². The summed E-state index contributed by atoms with van der Waals surface area (Å²) in [6.45, 7) is 2.43. The summed E-state index contributed by atoms with van der Waals surface area (Å²) in [6.07, 6.45) is 3.19. The Morgan fingerprint density at radius 1 is 1.03 bits per heavy atom. The molecule has 6 nitrogen and oxygen atoms in total. The maximum absolute atomic E-state index is 12.7. The molecule has 0 saturated carbocycles. The molecule has 7 heteroatoms. The van der Waals surface area contributed by atoms with Crippen molar-refractivity contribution >= 4 is 15.9 Å². The summed E-state index contributed by atoms with van der Waals surface area (Å²) in [4.78, 5) is 14.7. The highest BCUT2D eigenvalue weighted by Crippen LogP contribution is 2.26. The molecule has 0 radical (unpaired) electrons. The number of hydrogen-bond acceptors (Lipinski definition) is 4. The molecular formula is C22H26N2O4S. The smallest absolute Gasteiger partial charge is 0.223 e. The zero-order valence-corrected chi connectivity index (χ0v) is 17.5. The molecule has 0 bridgehead atoms. The Balaban J connectivity index is 1.41. The number of ether oxygens (including phenoxy) is 1. The Morgan fingerprint density at radius 2 is 1.83 bits per heavy atom. The lowest BCUT2D eigenvalue weighted by molar-refractivity contribution is -0.132. The Morgan fingerprint density at radius 3 is 2.62 bits per heavy atom. The van der Waals surface area contributed by atoms with Gasteiger partial charge in [0.15, 0.2) is 0 Å². The van der Waals surface area contributed by atoms with Gasteiger partial charge in [-0.15, -0.1) is 0 Å². The molecule has 154 valence electrons. The summed E-state index contributed by atoms with van der Waals surface area (Å²) in [5, 5.41) is 0. The van der Waals surface area contributed by atoms with E-state index in [-0.39, 0.29) is 5.91 Å². The molecule has 0 spiro atoms. The first-order valence-electron chi connectivity index (χ1n) is 9.94. The highest BCUT2D eigenvalue weighted by molar-refractivity contribution is 7.88. The van der Waals surface area contributed by atoms with Crippen molar-refractivity contribution in [2.45, 2.75) is 32.4 Å². The monoisotopic (exact) mass is 414 g/mol. The number of aryl methyl sites for hydroxylation is 1. The largest absolute Gasteiger partial charge is 0.492 e. The normalized spacial score (nSPS) is 17.1. The Labute approximate surface area is 172 Å². The first-order chi connectivity index (χ1) is 13.9. The lowest BCUT2D eigenvalue weighted by Crippen LogP contribution is -2.36. The first-order valence-corrected chi connectivity index (χ1v) is 11.8. The minimum atomic E-state index is -3.28. The predicted molar refractivity (Wildman–Crippen MR) is 111 cm³/mol. The summed E-state index contributed by atoms with van der Waals surface area (Å²) in [5.74, 6) is 0.877. The Hall–Kier alpha value is -2.38. The van der Waals surface area contributed by atoms with Gasteiger partial charge in [0.1, 0.15) is 12.4 Å². The summed E-state index contributed by atoms with van der Waals surface area (Å²) in [5.41, 5.74) is 4.44. The molecule has 2 heterocycles. The average molecular weight is 415 g/mol. The van der Waals surface area contributed by atoms with Crippen LogP contribution in [-0.2, 0) is 40.7 Å². The van der Waals surface area contributed by atoms with Crippen LogP contribution in [-0.4, -0.2) is 49.5 Å². The zero-order valence-electron chi connectivity index (χ0n) is 16.6. The molecule has 0 atom stereocenters. The van der Waals surface area contributed by atoms with Gasteiger partial charge >= 0.3 is 0 Å². The number of fused-ring (bicyclic) bond motifs is 2. The topological polar surface area (TPSA) is 66.9 Å². The van der Waals surface area contributed by atoms with Crippen LogP contribution in [0.25, 0.3) is 0 Å². The Kier molecular flexibility index (Phi) is 5.61. The van der Waals surface area contributed by atoms with Crippen LogP contribution in [0.1, 0.15) is 28.7 Å². The lowest BCUT2D eigenvalue weighted by atomic mass is 9.99. The molecule has 2 aliphatic heterocycles. The van der Waals surface area contributed by atoms with E-state index in [2.05, 4.69) is 12.1 Å². The minimum absolute atomic E-state index is 0.156. The molecule has 2 aliphatic rings. The summed E-state index contributed by atoms with van der Waals surface area (Å²) in [6, 6.07) is 14.1. The van der Waals surface area contributed by atoms with Crippen molar-refractivity contribution in [1.82, 2.24) is 9.21 Å². The van der Waals surface area contributed by atoms with Crippen LogP contribution >= 0.6 is 0 Å². The number of hydrogen-bond donors (Lipinski definition) is 0. The molecule has 0 aromatic heterocycles. The number of nitrogens with zero attached hydrogens (tertiary/aromatic N) is 2. The van der Waals surface area contributed by atoms with Gasteiger partial charge in [-0.05, 0) is 35.6 Å². The molecule has 0 saturated heterocycles. The number of amides is 1. The van der Waals surface area contributed by atoms with E-state index in [9.17, 15) is 13.2 Å². The van der Waals surface area contributed by atoms with Gasteiger partial charge in [-0.3, -0.25) is 4.79 Å². The number of carbonyl (C=O) groups excluding carboxylic acids is 1. The van der Waals surface area contributed by atoms with Gasteiger partial charge in [0.2, 0.25) is 15.9 Å². The van der Waals surface area contributed by atoms with E-state index >= 15 is 0 Å². The van der Waals surface area contributed by atoms with Crippen molar-refractivity contribution in [1.29, 1.82) is 0 Å². The van der Waals surface area contributed by atoms with E-state index in [1.807, 2.05) is 35.2 Å². The van der Waals surface area contributed by atoms with Crippen molar-refractivity contribution in [3.8, 4) is 5.75 Å². The average Bonchev–Trinajstić information content (AvgIpc) is 2.93. The van der Waals surface area contributed by atoms with Crippen LogP contribution in [0.4, 0.5) is 0 Å². The fourth-order valence-corrected chi connectivity index (χ4v) is 4.76. The number of carbonyl (C=O) groups is 1. The quantitative estimate of drug-likeness (QED) is 0.770. The first kappa shape index (κ1) is 19.9. The molecule has 0 fully saturated rings. The molecule has 2 aromatic rings. The summed E-state index contributed by atoms with van der Waals surface area (Å²) in [7, 11) is -3.28. The van der Waals surface area contributed by atoms with Crippen molar-refractivity contribution in [2.75, 3.05) is 26.0 Å². The third kappa shape index (κ3) is 4.62. The molecule has 4 rings (SSSR count). The highest BCUT2D eigenvalue weighted by Gasteiger charge is 2.23. The second-order valence-corrected chi connectivity index (χ2v) is 9.70. The maximum atomic E-state index is 12.7. The second kappa shape index (κ2) is 8.16. The van der Waals surface area contributed by atoms with Crippen molar-refractivity contribution in [2.24, 2.45) is 0 Å². The predicted octanol–water partition coefficient (Wildman–Crippen LogP) is 2.36. The molecule has 0 unspecified atom stereocenters. The SMILES string of the molecule is CS(=O)(=O)N1CCOc2ccc(CCC(=O)N3CCc4ccccc4C3)cc2C1. The number of sulfonamides is 1. The molecular weight excluding hydrogens is 388 g/mol. The highest BCUT2D eigenvalue weighted by atomic mass is 32.2. The van der Waals surface area contributed by atoms with Gasteiger partial charge in [0.05, 0.1) is 6.26 Å². The minimum Gasteiger partial charge on any atom is -0.492 e. The van der Waals surface area contributed by atoms with Gasteiger partial charge in [0.25, 0.3) is 0 Å². The van der Waals surface area contributed by atoms with Crippen LogP contribution in [0.15, 0.2) is 42.5 Å². The third-order valence-corrected chi connectivity index (χ3v) is 6.90. The fourth-order valence-electron chi connectivity index (χ4n) is 3.98. The summed E-state index contributed by atoms with van der Waals surface area (Å²) >= 11 is 0. The van der Waals surface area contributed by atoms with E-state index in [0.29, 0.717) is 39.1 Å². The van der Waals surface area contributed by atoms with E-state index in [4.69, 9.17) is 4.74 Å². The van der Waals surface area contributed by atoms with Gasteiger partial charge in [-0.2, -0.15) is 4.31 Å². The number of rotatable bonds is 4. The molecule has 2 aromatic carbocycles. The number of benzene rings is 2.